The highest BCUT2D eigenvalue weighted by Gasteiger charge is 2.17. The van der Waals surface area contributed by atoms with E-state index >= 15 is 0 Å². The maximum absolute atomic E-state index is 11.7. The zero-order chi connectivity index (χ0) is 15.3. The van der Waals surface area contributed by atoms with Crippen molar-refractivity contribution in [2.75, 3.05) is 19.7 Å². The highest BCUT2D eigenvalue weighted by molar-refractivity contribution is 5.67. The van der Waals surface area contributed by atoms with Crippen LogP contribution in [0.15, 0.2) is 24.3 Å². The quantitative estimate of drug-likeness (QED) is 0.898. The third-order valence-corrected chi connectivity index (χ3v) is 3.09. The van der Waals surface area contributed by atoms with Gasteiger partial charge in [0.15, 0.2) is 0 Å². The van der Waals surface area contributed by atoms with Crippen LogP contribution in [0.1, 0.15) is 38.0 Å². The van der Waals surface area contributed by atoms with Crippen LogP contribution in [0.2, 0.25) is 0 Å². The van der Waals surface area contributed by atoms with Crippen LogP contribution in [0.4, 0.5) is 4.79 Å². The van der Waals surface area contributed by atoms with Gasteiger partial charge >= 0.3 is 6.09 Å². The molecule has 5 nitrogen and oxygen atoms in total. The molecule has 1 aromatic carbocycles. The SMILES string of the molecule is CC(C)(C)OC(=O)NCc1cccc(C2CNCCO2)c1. The monoisotopic (exact) mass is 292 g/mol. The highest BCUT2D eigenvalue weighted by Crippen LogP contribution is 2.19. The zero-order valence-electron chi connectivity index (χ0n) is 12.9. The summed E-state index contributed by atoms with van der Waals surface area (Å²) in [6.45, 7) is 8.44. The predicted molar refractivity (Wildman–Crippen MR) is 81.1 cm³/mol. The summed E-state index contributed by atoms with van der Waals surface area (Å²) in [7, 11) is 0. The standard InChI is InChI=1S/C16H24N2O3/c1-16(2,3)21-15(19)18-10-12-5-4-6-13(9-12)14-11-17-7-8-20-14/h4-6,9,14,17H,7-8,10-11H2,1-3H3,(H,18,19). The van der Waals surface area contributed by atoms with Crippen molar-refractivity contribution in [1.29, 1.82) is 0 Å². The van der Waals surface area contributed by atoms with E-state index in [2.05, 4.69) is 22.8 Å². The Balaban J connectivity index is 1.90. The van der Waals surface area contributed by atoms with Gasteiger partial charge in [-0.25, -0.2) is 4.79 Å². The Bertz CT molecular complexity index is 477. The number of rotatable bonds is 3. The first kappa shape index (κ1) is 15.8. The molecule has 0 saturated carbocycles. The van der Waals surface area contributed by atoms with Gasteiger partial charge in [-0.3, -0.25) is 0 Å². The van der Waals surface area contributed by atoms with Crippen LogP contribution in [-0.2, 0) is 16.0 Å². The molecular formula is C16H24N2O3. The van der Waals surface area contributed by atoms with Gasteiger partial charge in [-0.1, -0.05) is 24.3 Å². The summed E-state index contributed by atoms with van der Waals surface area (Å²) in [4.78, 5) is 11.7. The van der Waals surface area contributed by atoms with Crippen LogP contribution < -0.4 is 10.6 Å². The largest absolute Gasteiger partial charge is 0.444 e. The minimum atomic E-state index is -0.479. The van der Waals surface area contributed by atoms with Crippen molar-refractivity contribution in [2.24, 2.45) is 0 Å². The van der Waals surface area contributed by atoms with Crippen LogP contribution in [0.25, 0.3) is 0 Å². The van der Waals surface area contributed by atoms with Crippen molar-refractivity contribution in [2.45, 2.75) is 39.0 Å². The Morgan fingerprint density at radius 1 is 1.48 bits per heavy atom. The van der Waals surface area contributed by atoms with Gasteiger partial charge in [0.25, 0.3) is 0 Å². The molecule has 1 aliphatic heterocycles. The molecule has 1 aliphatic rings. The van der Waals surface area contributed by atoms with Gasteiger partial charge in [-0.15, -0.1) is 0 Å². The second-order valence-electron chi connectivity index (χ2n) is 6.16. The molecule has 1 fully saturated rings. The molecule has 1 saturated heterocycles. The third kappa shape index (κ3) is 5.36. The number of alkyl carbamates (subject to hydrolysis) is 1. The van der Waals surface area contributed by atoms with Crippen molar-refractivity contribution < 1.29 is 14.3 Å². The van der Waals surface area contributed by atoms with Crippen molar-refractivity contribution in [3.05, 3.63) is 35.4 Å². The first-order chi connectivity index (χ1) is 9.94. The topological polar surface area (TPSA) is 59.6 Å². The lowest BCUT2D eigenvalue weighted by Crippen LogP contribution is -2.33. The number of hydrogen-bond donors (Lipinski definition) is 2. The second kappa shape index (κ2) is 6.91. The van der Waals surface area contributed by atoms with Gasteiger partial charge < -0.3 is 20.1 Å². The number of ether oxygens (including phenoxy) is 2. The number of amides is 1. The molecule has 1 unspecified atom stereocenters. The first-order valence-corrected chi connectivity index (χ1v) is 7.32. The summed E-state index contributed by atoms with van der Waals surface area (Å²) < 4.78 is 11.0. The number of carbonyl (C=O) groups excluding carboxylic acids is 1. The lowest BCUT2D eigenvalue weighted by Gasteiger charge is -2.24. The van der Waals surface area contributed by atoms with Gasteiger partial charge in [0.2, 0.25) is 0 Å². The number of morpholine rings is 1. The molecule has 1 atom stereocenters. The molecule has 0 spiro atoms. The Hall–Kier alpha value is -1.59. The Morgan fingerprint density at radius 2 is 2.29 bits per heavy atom. The van der Waals surface area contributed by atoms with E-state index in [0.29, 0.717) is 6.54 Å². The van der Waals surface area contributed by atoms with Gasteiger partial charge in [0, 0.05) is 19.6 Å². The van der Waals surface area contributed by atoms with E-state index in [-0.39, 0.29) is 6.10 Å². The minimum Gasteiger partial charge on any atom is -0.444 e. The second-order valence-corrected chi connectivity index (χ2v) is 6.16. The summed E-state index contributed by atoms with van der Waals surface area (Å²) in [5, 5.41) is 6.08. The molecular weight excluding hydrogens is 268 g/mol. The lowest BCUT2D eigenvalue weighted by atomic mass is 10.1. The smallest absolute Gasteiger partial charge is 0.407 e. The maximum atomic E-state index is 11.7. The summed E-state index contributed by atoms with van der Waals surface area (Å²) in [6.07, 6.45) is -0.316. The Labute approximate surface area is 126 Å². The van der Waals surface area contributed by atoms with Crippen molar-refractivity contribution in [1.82, 2.24) is 10.6 Å². The molecule has 5 heteroatoms. The number of hydrogen-bond acceptors (Lipinski definition) is 4. The maximum Gasteiger partial charge on any atom is 0.407 e. The van der Waals surface area contributed by atoms with Gasteiger partial charge in [0.05, 0.1) is 12.7 Å². The van der Waals surface area contributed by atoms with Gasteiger partial charge in [-0.2, -0.15) is 0 Å². The molecule has 0 bridgehead atoms. The lowest BCUT2D eigenvalue weighted by molar-refractivity contribution is 0.0276. The van der Waals surface area contributed by atoms with Crippen LogP contribution in [0.3, 0.4) is 0 Å². The molecule has 0 aliphatic carbocycles. The van der Waals surface area contributed by atoms with E-state index in [0.717, 1.165) is 30.8 Å². The number of carbonyl (C=O) groups is 1. The fourth-order valence-electron chi connectivity index (χ4n) is 2.17. The fourth-order valence-corrected chi connectivity index (χ4v) is 2.17. The molecule has 1 heterocycles. The average molecular weight is 292 g/mol. The van der Waals surface area contributed by atoms with Crippen molar-refractivity contribution in [3.63, 3.8) is 0 Å². The van der Waals surface area contributed by atoms with E-state index in [9.17, 15) is 4.79 Å². The summed E-state index contributed by atoms with van der Waals surface area (Å²) >= 11 is 0. The first-order valence-electron chi connectivity index (χ1n) is 7.32. The molecule has 116 valence electrons. The molecule has 21 heavy (non-hydrogen) atoms. The normalized spacial score (nSPS) is 19.1. The van der Waals surface area contributed by atoms with E-state index in [4.69, 9.17) is 9.47 Å². The molecule has 1 amide bonds. The van der Waals surface area contributed by atoms with Gasteiger partial charge in [0.1, 0.15) is 5.60 Å². The highest BCUT2D eigenvalue weighted by atomic mass is 16.6. The minimum absolute atomic E-state index is 0.0835. The molecule has 1 aromatic rings. The van der Waals surface area contributed by atoms with Crippen LogP contribution in [-0.4, -0.2) is 31.4 Å². The van der Waals surface area contributed by atoms with Crippen LogP contribution in [0.5, 0.6) is 0 Å². The van der Waals surface area contributed by atoms with Gasteiger partial charge in [-0.05, 0) is 31.9 Å². The number of nitrogens with one attached hydrogen (secondary N) is 2. The summed E-state index contributed by atoms with van der Waals surface area (Å²) in [5.74, 6) is 0. The third-order valence-electron chi connectivity index (χ3n) is 3.09. The fraction of sp³-hybridized carbons (Fsp3) is 0.562. The van der Waals surface area contributed by atoms with Crippen LogP contribution in [0, 0.1) is 0 Å². The summed E-state index contributed by atoms with van der Waals surface area (Å²) in [6, 6.07) is 8.08. The molecule has 2 N–H and O–H groups in total. The number of benzene rings is 1. The van der Waals surface area contributed by atoms with Crippen molar-refractivity contribution >= 4 is 6.09 Å². The Morgan fingerprint density at radius 3 is 2.95 bits per heavy atom. The van der Waals surface area contributed by atoms with E-state index in [1.165, 1.54) is 0 Å². The Kier molecular flexibility index (Phi) is 5.20. The zero-order valence-corrected chi connectivity index (χ0v) is 12.9. The predicted octanol–water partition coefficient (Wildman–Crippen LogP) is 2.37. The molecule has 0 aromatic heterocycles. The molecule has 0 radical (unpaired) electrons. The molecule has 2 rings (SSSR count). The summed E-state index contributed by atoms with van der Waals surface area (Å²) in [5.41, 5.74) is 1.69. The van der Waals surface area contributed by atoms with Crippen molar-refractivity contribution in [3.8, 4) is 0 Å². The van der Waals surface area contributed by atoms with Crippen LogP contribution >= 0.6 is 0 Å². The van der Waals surface area contributed by atoms with E-state index in [1.54, 1.807) is 0 Å². The van der Waals surface area contributed by atoms with E-state index < -0.39 is 11.7 Å². The average Bonchev–Trinajstić information content (AvgIpc) is 2.45. The van der Waals surface area contributed by atoms with E-state index in [1.807, 2.05) is 32.9 Å².